The minimum absolute atomic E-state index is 0.0592. The number of benzene rings is 1. The summed E-state index contributed by atoms with van der Waals surface area (Å²) in [5, 5.41) is 8.95. The molecule has 1 aliphatic carbocycles. The molecule has 29 heavy (non-hydrogen) atoms. The Hall–Kier alpha value is -2.22. The molecule has 2 unspecified atom stereocenters. The fourth-order valence-electron chi connectivity index (χ4n) is 3.83. The van der Waals surface area contributed by atoms with Gasteiger partial charge in [-0.3, -0.25) is 0 Å². The topological polar surface area (TPSA) is 82.1 Å². The molecule has 8 heteroatoms. The van der Waals surface area contributed by atoms with Crippen molar-refractivity contribution in [3.63, 3.8) is 0 Å². The second-order valence-corrected chi connectivity index (χ2v) is 7.59. The van der Waals surface area contributed by atoms with Gasteiger partial charge in [0.05, 0.1) is 12.2 Å². The van der Waals surface area contributed by atoms with Gasteiger partial charge in [-0.05, 0) is 49.9 Å². The second kappa shape index (κ2) is 9.52. The molecular weight excluding hydrogens is 386 g/mol. The zero-order chi connectivity index (χ0) is 20.9. The van der Waals surface area contributed by atoms with Crippen molar-refractivity contribution in [3.05, 3.63) is 29.8 Å². The van der Waals surface area contributed by atoms with E-state index in [-0.39, 0.29) is 11.9 Å². The third-order valence-corrected chi connectivity index (χ3v) is 5.45. The predicted molar refractivity (Wildman–Crippen MR) is 99.0 cm³/mol. The smallest absolute Gasteiger partial charge is 0.378 e. The maximum atomic E-state index is 14.3. The van der Waals surface area contributed by atoms with E-state index in [9.17, 15) is 18.4 Å². The summed E-state index contributed by atoms with van der Waals surface area (Å²) in [6.45, 7) is 0.634. The minimum Gasteiger partial charge on any atom is -0.477 e. The van der Waals surface area contributed by atoms with E-state index in [2.05, 4.69) is 0 Å². The number of esters is 1. The van der Waals surface area contributed by atoms with E-state index in [1.54, 1.807) is 12.1 Å². The van der Waals surface area contributed by atoms with Crippen molar-refractivity contribution in [2.75, 3.05) is 6.61 Å². The number of carboxylic acids is 1. The van der Waals surface area contributed by atoms with Crippen LogP contribution in [0.4, 0.5) is 8.78 Å². The maximum absolute atomic E-state index is 14.3. The number of hydrogen-bond donors (Lipinski definition) is 1. The number of rotatable bonds is 7. The van der Waals surface area contributed by atoms with Crippen LogP contribution in [0.5, 0.6) is 5.75 Å². The van der Waals surface area contributed by atoms with Crippen LogP contribution in [0, 0.1) is 5.92 Å². The first-order valence-corrected chi connectivity index (χ1v) is 10.1. The monoisotopic (exact) mass is 412 g/mol. The Morgan fingerprint density at radius 3 is 2.28 bits per heavy atom. The summed E-state index contributed by atoms with van der Waals surface area (Å²) in [5.41, 5.74) is 0.0592. The van der Waals surface area contributed by atoms with Crippen molar-refractivity contribution in [2.24, 2.45) is 5.92 Å². The molecule has 1 heterocycles. The molecule has 0 spiro atoms. The Kier molecular flexibility index (Phi) is 7.05. The molecule has 3 rings (SSSR count). The van der Waals surface area contributed by atoms with E-state index >= 15 is 0 Å². The van der Waals surface area contributed by atoms with Gasteiger partial charge in [-0.2, -0.15) is 8.78 Å². The summed E-state index contributed by atoms with van der Waals surface area (Å²) in [7, 11) is 0. The minimum atomic E-state index is -4.14. The van der Waals surface area contributed by atoms with Crippen molar-refractivity contribution in [3.8, 4) is 5.75 Å². The van der Waals surface area contributed by atoms with Crippen molar-refractivity contribution in [2.45, 2.75) is 69.7 Å². The third-order valence-electron chi connectivity index (χ3n) is 5.45. The number of carbonyl (C=O) groups excluding carboxylic acids is 1. The molecule has 2 fully saturated rings. The van der Waals surface area contributed by atoms with Gasteiger partial charge in [0.25, 0.3) is 0 Å². The number of alkyl halides is 2. The quantitative estimate of drug-likeness (QED) is 0.668. The highest BCUT2D eigenvalue weighted by Gasteiger charge is 2.53. The summed E-state index contributed by atoms with van der Waals surface area (Å²) >= 11 is 0. The fraction of sp³-hybridized carbons (Fsp3) is 0.619. The van der Waals surface area contributed by atoms with Gasteiger partial charge in [0.2, 0.25) is 0 Å². The Morgan fingerprint density at radius 1 is 1.03 bits per heavy atom. The lowest BCUT2D eigenvalue weighted by molar-refractivity contribution is -0.189. The number of halogens is 2. The summed E-state index contributed by atoms with van der Waals surface area (Å²) < 4.78 is 44.8. The molecule has 2 atom stereocenters. The molecular formula is C21H26F2O6. The number of carbonyl (C=O) groups is 2. The predicted octanol–water partition coefficient (Wildman–Crippen LogP) is 4.42. The molecule has 0 aromatic heterocycles. The molecule has 160 valence electrons. The second-order valence-electron chi connectivity index (χ2n) is 7.59. The largest absolute Gasteiger partial charge is 0.477 e. The van der Waals surface area contributed by atoms with Crippen molar-refractivity contribution in [1.82, 2.24) is 0 Å². The van der Waals surface area contributed by atoms with Gasteiger partial charge in [0.1, 0.15) is 5.75 Å². The highest BCUT2D eigenvalue weighted by atomic mass is 19.3. The first-order chi connectivity index (χ1) is 13.9. The van der Waals surface area contributed by atoms with Crippen LogP contribution in [0.2, 0.25) is 0 Å². The maximum Gasteiger partial charge on any atom is 0.378 e. The standard InChI is InChI=1S/C21H26F2O6/c22-21(23,20(25)26)18(14-6-2-1-3-7-14)29-19(24)15-9-11-16(12-10-15)28-17-8-4-5-13-27-17/h9-12,14,17-18H,1-8,13H2,(H,25,26). The van der Waals surface area contributed by atoms with Crippen LogP contribution >= 0.6 is 0 Å². The molecule has 2 aliphatic rings. The normalized spacial score (nSPS) is 21.9. The summed E-state index contributed by atoms with van der Waals surface area (Å²) in [5.74, 6) is -7.57. The van der Waals surface area contributed by atoms with Gasteiger partial charge >= 0.3 is 17.9 Å². The summed E-state index contributed by atoms with van der Waals surface area (Å²) in [4.78, 5) is 23.5. The van der Waals surface area contributed by atoms with E-state index in [1.807, 2.05) is 0 Å². The average molecular weight is 412 g/mol. The third kappa shape index (κ3) is 5.44. The van der Waals surface area contributed by atoms with Gasteiger partial charge in [-0.1, -0.05) is 19.3 Å². The van der Waals surface area contributed by atoms with Crippen LogP contribution in [0.3, 0.4) is 0 Å². The molecule has 0 radical (unpaired) electrons. The first-order valence-electron chi connectivity index (χ1n) is 10.1. The molecule has 1 aromatic carbocycles. The molecule has 6 nitrogen and oxygen atoms in total. The molecule has 1 aromatic rings. The zero-order valence-corrected chi connectivity index (χ0v) is 16.1. The van der Waals surface area contributed by atoms with Crippen LogP contribution in [0.15, 0.2) is 24.3 Å². The first kappa shape index (κ1) is 21.5. The molecule has 1 saturated carbocycles. The lowest BCUT2D eigenvalue weighted by Crippen LogP contribution is -2.48. The van der Waals surface area contributed by atoms with Crippen LogP contribution < -0.4 is 4.74 Å². The van der Waals surface area contributed by atoms with Crippen LogP contribution in [0.1, 0.15) is 61.7 Å². The Labute approximate surface area is 168 Å². The van der Waals surface area contributed by atoms with Crippen molar-refractivity contribution in [1.29, 1.82) is 0 Å². The fourth-order valence-corrected chi connectivity index (χ4v) is 3.83. The van der Waals surface area contributed by atoms with Crippen LogP contribution in [-0.2, 0) is 14.3 Å². The number of carboxylic acid groups (broad SMARTS) is 1. The molecule has 1 saturated heterocycles. The molecule has 0 amide bonds. The molecule has 1 aliphatic heterocycles. The van der Waals surface area contributed by atoms with Gasteiger partial charge < -0.3 is 19.3 Å². The van der Waals surface area contributed by atoms with Crippen LogP contribution in [0.25, 0.3) is 0 Å². The van der Waals surface area contributed by atoms with E-state index < -0.39 is 29.9 Å². The molecule has 1 N–H and O–H groups in total. The Balaban J connectivity index is 1.67. The lowest BCUT2D eigenvalue weighted by atomic mass is 9.83. The zero-order valence-electron chi connectivity index (χ0n) is 16.1. The van der Waals surface area contributed by atoms with Gasteiger partial charge in [0, 0.05) is 12.3 Å². The Morgan fingerprint density at radius 2 is 1.69 bits per heavy atom. The number of ether oxygens (including phenoxy) is 3. The number of hydrogen-bond acceptors (Lipinski definition) is 5. The van der Waals surface area contributed by atoms with Crippen molar-refractivity contribution < 1.29 is 37.7 Å². The summed E-state index contributed by atoms with van der Waals surface area (Å²) in [6.07, 6.45) is 3.60. The molecule has 0 bridgehead atoms. The highest BCUT2D eigenvalue weighted by Crippen LogP contribution is 2.36. The average Bonchev–Trinajstić information content (AvgIpc) is 2.73. The van der Waals surface area contributed by atoms with E-state index in [1.165, 1.54) is 12.1 Å². The van der Waals surface area contributed by atoms with Gasteiger partial charge in [-0.15, -0.1) is 0 Å². The number of aliphatic carboxylic acids is 1. The van der Waals surface area contributed by atoms with Gasteiger partial charge in [-0.25, -0.2) is 9.59 Å². The van der Waals surface area contributed by atoms with Crippen LogP contribution in [-0.4, -0.2) is 42.0 Å². The van der Waals surface area contributed by atoms with E-state index in [0.29, 0.717) is 38.0 Å². The van der Waals surface area contributed by atoms with E-state index in [0.717, 1.165) is 25.7 Å². The SMILES string of the molecule is O=C(OC(C1CCCCC1)C(F)(F)C(=O)O)c1ccc(OC2CCCCO2)cc1. The lowest BCUT2D eigenvalue weighted by Gasteiger charge is -2.33. The summed E-state index contributed by atoms with van der Waals surface area (Å²) in [6, 6.07) is 5.91. The van der Waals surface area contributed by atoms with Crippen molar-refractivity contribution >= 4 is 11.9 Å². The highest BCUT2D eigenvalue weighted by molar-refractivity contribution is 5.90. The van der Waals surface area contributed by atoms with E-state index in [4.69, 9.17) is 19.3 Å². The van der Waals surface area contributed by atoms with Gasteiger partial charge in [0.15, 0.2) is 12.4 Å². The Bertz CT molecular complexity index is 694.